The van der Waals surface area contributed by atoms with Gasteiger partial charge < -0.3 is 20.5 Å². The van der Waals surface area contributed by atoms with E-state index in [2.05, 4.69) is 5.32 Å². The molecule has 9 nitrogen and oxygen atoms in total. The molecule has 0 radical (unpaired) electrons. The number of rotatable bonds is 9. The molecule has 0 saturated heterocycles. The van der Waals surface area contributed by atoms with Crippen molar-refractivity contribution in [2.24, 2.45) is 5.73 Å². The van der Waals surface area contributed by atoms with Crippen LogP contribution in [0.4, 0.5) is 5.69 Å². The maximum absolute atomic E-state index is 12.9. The van der Waals surface area contributed by atoms with Crippen molar-refractivity contribution in [3.63, 3.8) is 0 Å². The summed E-state index contributed by atoms with van der Waals surface area (Å²) in [5, 5.41) is 2.64. The van der Waals surface area contributed by atoms with E-state index >= 15 is 0 Å². The van der Waals surface area contributed by atoms with Gasteiger partial charge in [-0.25, -0.2) is 8.42 Å². The Labute approximate surface area is 193 Å². The van der Waals surface area contributed by atoms with E-state index < -0.39 is 21.8 Å². The number of nitrogens with one attached hydrogen (secondary N) is 1. The van der Waals surface area contributed by atoms with E-state index in [4.69, 9.17) is 15.2 Å². The predicted octanol–water partition coefficient (Wildman–Crippen LogP) is 2.76. The number of carbonyl (C=O) groups is 2. The first-order valence-corrected chi connectivity index (χ1v) is 12.1. The Morgan fingerprint density at radius 1 is 1.09 bits per heavy atom. The van der Waals surface area contributed by atoms with Crippen LogP contribution in [0.5, 0.6) is 11.5 Å². The van der Waals surface area contributed by atoms with Crippen LogP contribution in [-0.2, 0) is 14.8 Å². The van der Waals surface area contributed by atoms with E-state index in [1.54, 1.807) is 13.1 Å². The highest BCUT2D eigenvalue weighted by Gasteiger charge is 2.29. The zero-order valence-corrected chi connectivity index (χ0v) is 19.6. The molecular formula is C23H29N3O6S. The first-order chi connectivity index (χ1) is 15.7. The largest absolute Gasteiger partial charge is 0.497 e. The number of benzene rings is 2. The summed E-state index contributed by atoms with van der Waals surface area (Å²) in [6, 6.07) is 10.5. The van der Waals surface area contributed by atoms with Crippen LogP contribution in [0.15, 0.2) is 47.4 Å². The van der Waals surface area contributed by atoms with Crippen LogP contribution in [0, 0.1) is 0 Å². The molecule has 1 fully saturated rings. The summed E-state index contributed by atoms with van der Waals surface area (Å²) in [5.41, 5.74) is 5.88. The molecule has 0 aromatic heterocycles. The summed E-state index contributed by atoms with van der Waals surface area (Å²) in [6.07, 6.45) is 4.96. The van der Waals surface area contributed by atoms with Gasteiger partial charge in [0.2, 0.25) is 10.0 Å². The summed E-state index contributed by atoms with van der Waals surface area (Å²) in [4.78, 5) is 24.1. The van der Waals surface area contributed by atoms with Gasteiger partial charge in [0.15, 0.2) is 6.61 Å². The van der Waals surface area contributed by atoms with Gasteiger partial charge in [-0.1, -0.05) is 19.3 Å². The summed E-state index contributed by atoms with van der Waals surface area (Å²) in [5.74, 6) is -0.592. The van der Waals surface area contributed by atoms with Crippen LogP contribution in [-0.4, -0.2) is 51.3 Å². The molecule has 2 amide bonds. The Morgan fingerprint density at radius 2 is 1.76 bits per heavy atom. The number of nitrogens with zero attached hydrogens (tertiary/aromatic N) is 1. The highest BCUT2D eigenvalue weighted by molar-refractivity contribution is 7.89. The van der Waals surface area contributed by atoms with E-state index in [1.165, 1.54) is 47.8 Å². The molecule has 10 heteroatoms. The van der Waals surface area contributed by atoms with Gasteiger partial charge >= 0.3 is 0 Å². The fourth-order valence-electron chi connectivity index (χ4n) is 3.81. The van der Waals surface area contributed by atoms with Crippen molar-refractivity contribution >= 4 is 27.5 Å². The number of nitrogens with two attached hydrogens (primary N) is 1. The molecule has 2 aromatic carbocycles. The van der Waals surface area contributed by atoms with Crippen molar-refractivity contribution in [1.29, 1.82) is 0 Å². The third-order valence-corrected chi connectivity index (χ3v) is 7.64. The average molecular weight is 476 g/mol. The molecule has 2 aromatic rings. The Hall–Kier alpha value is -3.11. The lowest BCUT2D eigenvalue weighted by Crippen LogP contribution is -2.38. The second kappa shape index (κ2) is 10.7. The number of anilines is 1. The SMILES string of the molecule is COc1ccc(OCC(=O)Nc2ccc(S(=O)(=O)N(C)C3CCCCC3)cc2)c(C(N)=O)c1. The smallest absolute Gasteiger partial charge is 0.262 e. The molecule has 0 spiro atoms. The lowest BCUT2D eigenvalue weighted by atomic mass is 9.96. The quantitative estimate of drug-likeness (QED) is 0.574. The minimum atomic E-state index is -3.61. The number of hydrogen-bond donors (Lipinski definition) is 2. The van der Waals surface area contributed by atoms with Gasteiger partial charge in [-0.05, 0) is 55.3 Å². The van der Waals surface area contributed by atoms with Crippen molar-refractivity contribution in [1.82, 2.24) is 4.31 Å². The van der Waals surface area contributed by atoms with E-state index in [1.807, 2.05) is 0 Å². The van der Waals surface area contributed by atoms with Crippen LogP contribution in [0.25, 0.3) is 0 Å². The Kier molecular flexibility index (Phi) is 7.93. The number of hydrogen-bond acceptors (Lipinski definition) is 6. The second-order valence-corrected chi connectivity index (χ2v) is 9.90. The predicted molar refractivity (Wildman–Crippen MR) is 124 cm³/mol. The standard InChI is InChI=1S/C23H29N3O6S/c1-26(17-6-4-3-5-7-17)33(29,30)19-11-8-16(9-12-19)25-22(27)15-32-21-13-10-18(31-2)14-20(21)23(24)28/h8-14,17H,3-7,15H2,1-2H3,(H2,24,28)(H,25,27). The number of carbonyl (C=O) groups excluding carboxylic acids is 2. The third kappa shape index (κ3) is 6.02. The van der Waals surface area contributed by atoms with Crippen LogP contribution in [0.1, 0.15) is 42.5 Å². The molecule has 0 aliphatic heterocycles. The van der Waals surface area contributed by atoms with Gasteiger partial charge in [0.1, 0.15) is 11.5 Å². The second-order valence-electron chi connectivity index (χ2n) is 7.90. The summed E-state index contributed by atoms with van der Waals surface area (Å²) in [7, 11) is -0.527. The van der Waals surface area contributed by atoms with Crippen molar-refractivity contribution in [2.45, 2.75) is 43.0 Å². The molecule has 3 rings (SSSR count). The van der Waals surface area contributed by atoms with E-state index in [9.17, 15) is 18.0 Å². The minimum absolute atomic E-state index is 0.0172. The maximum Gasteiger partial charge on any atom is 0.262 e. The van der Waals surface area contributed by atoms with Crippen LogP contribution < -0.4 is 20.5 Å². The zero-order valence-electron chi connectivity index (χ0n) is 18.7. The van der Waals surface area contributed by atoms with Crippen molar-refractivity contribution in [2.75, 3.05) is 26.1 Å². The number of amides is 2. The Balaban J connectivity index is 1.61. The molecule has 178 valence electrons. The Bertz CT molecular complexity index is 1100. The molecule has 0 bridgehead atoms. The zero-order chi connectivity index (χ0) is 24.0. The van der Waals surface area contributed by atoms with Gasteiger partial charge in [-0.2, -0.15) is 4.31 Å². The first kappa shape index (κ1) is 24.5. The monoisotopic (exact) mass is 475 g/mol. The van der Waals surface area contributed by atoms with Crippen LogP contribution >= 0.6 is 0 Å². The minimum Gasteiger partial charge on any atom is -0.497 e. The van der Waals surface area contributed by atoms with Gasteiger partial charge in [0.05, 0.1) is 17.6 Å². The lowest BCUT2D eigenvalue weighted by molar-refractivity contribution is -0.118. The van der Waals surface area contributed by atoms with E-state index in [0.29, 0.717) is 11.4 Å². The molecule has 3 N–H and O–H groups in total. The summed E-state index contributed by atoms with van der Waals surface area (Å²) in [6.45, 7) is -0.364. The van der Waals surface area contributed by atoms with Crippen molar-refractivity contribution in [3.05, 3.63) is 48.0 Å². The molecule has 1 aliphatic rings. The molecule has 0 heterocycles. The first-order valence-electron chi connectivity index (χ1n) is 10.7. The lowest BCUT2D eigenvalue weighted by Gasteiger charge is -2.30. The number of primary amides is 1. The molecule has 1 saturated carbocycles. The molecule has 33 heavy (non-hydrogen) atoms. The number of methoxy groups -OCH3 is 1. The fraction of sp³-hybridized carbons (Fsp3) is 0.391. The molecule has 1 aliphatic carbocycles. The maximum atomic E-state index is 12.9. The number of sulfonamides is 1. The molecule has 0 unspecified atom stereocenters. The highest BCUT2D eigenvalue weighted by atomic mass is 32.2. The number of ether oxygens (including phenoxy) is 2. The van der Waals surface area contributed by atoms with Gasteiger partial charge in [0.25, 0.3) is 11.8 Å². The fourth-order valence-corrected chi connectivity index (χ4v) is 5.23. The normalized spacial score (nSPS) is 14.6. The third-order valence-electron chi connectivity index (χ3n) is 5.71. The topological polar surface area (TPSA) is 128 Å². The van der Waals surface area contributed by atoms with Gasteiger partial charge in [0, 0.05) is 18.8 Å². The van der Waals surface area contributed by atoms with E-state index in [0.717, 1.165) is 32.1 Å². The Morgan fingerprint density at radius 3 is 2.36 bits per heavy atom. The molecular weight excluding hydrogens is 446 g/mol. The van der Waals surface area contributed by atoms with Crippen LogP contribution in [0.3, 0.4) is 0 Å². The average Bonchev–Trinajstić information content (AvgIpc) is 2.83. The van der Waals surface area contributed by atoms with E-state index in [-0.39, 0.29) is 28.9 Å². The van der Waals surface area contributed by atoms with Crippen molar-refractivity contribution < 1.29 is 27.5 Å². The molecule has 0 atom stereocenters. The van der Waals surface area contributed by atoms with Crippen LogP contribution in [0.2, 0.25) is 0 Å². The highest BCUT2D eigenvalue weighted by Crippen LogP contribution is 2.27. The van der Waals surface area contributed by atoms with Gasteiger partial charge in [-0.3, -0.25) is 9.59 Å². The summed E-state index contributed by atoms with van der Waals surface area (Å²) >= 11 is 0. The summed E-state index contributed by atoms with van der Waals surface area (Å²) < 4.78 is 37.8. The van der Waals surface area contributed by atoms with Gasteiger partial charge in [-0.15, -0.1) is 0 Å². The van der Waals surface area contributed by atoms with Crippen molar-refractivity contribution in [3.8, 4) is 11.5 Å².